The van der Waals surface area contributed by atoms with Gasteiger partial charge in [0, 0.05) is 33.9 Å². The van der Waals surface area contributed by atoms with Crippen LogP contribution in [0.25, 0.3) is 0 Å². The van der Waals surface area contributed by atoms with Crippen LogP contribution >= 0.6 is 39.1 Å². The zero-order valence-corrected chi connectivity index (χ0v) is 22.9. The fraction of sp³-hybridized carbons (Fsp3) is 0.360. The number of carbonyl (C=O) groups is 4. The van der Waals surface area contributed by atoms with Crippen LogP contribution in [0.3, 0.4) is 0 Å². The SMILES string of the molecule is CCOC(=O)CCNC(=O)O[C@H]1CN2C(=O)N(c3cc(Cl)cc(Cl)c3)C(=O)[C@]2(Cc2ccc(Br)cc2)C1. The summed E-state index contributed by atoms with van der Waals surface area (Å²) in [5.74, 6) is -0.886. The summed E-state index contributed by atoms with van der Waals surface area (Å²) in [6.07, 6.45) is -1.14. The van der Waals surface area contributed by atoms with Crippen LogP contribution in [0.5, 0.6) is 0 Å². The van der Waals surface area contributed by atoms with Crippen molar-refractivity contribution in [2.24, 2.45) is 0 Å². The molecule has 0 saturated carbocycles. The van der Waals surface area contributed by atoms with Gasteiger partial charge in [-0.1, -0.05) is 51.3 Å². The van der Waals surface area contributed by atoms with E-state index in [9.17, 15) is 19.2 Å². The second-order valence-corrected chi connectivity index (χ2v) is 10.5. The molecule has 4 amide bonds. The number of nitrogens with zero attached hydrogens (tertiary/aromatic N) is 2. The summed E-state index contributed by atoms with van der Waals surface area (Å²) in [7, 11) is 0. The van der Waals surface area contributed by atoms with Crippen molar-refractivity contribution < 1.29 is 28.7 Å². The maximum Gasteiger partial charge on any atom is 0.407 e. The van der Waals surface area contributed by atoms with Crippen LogP contribution in [-0.2, 0) is 25.5 Å². The molecule has 37 heavy (non-hydrogen) atoms. The lowest BCUT2D eigenvalue weighted by Gasteiger charge is -2.28. The number of imide groups is 1. The molecule has 2 atom stereocenters. The summed E-state index contributed by atoms with van der Waals surface area (Å²) in [6.45, 7) is 2.01. The summed E-state index contributed by atoms with van der Waals surface area (Å²) in [5.41, 5.74) is -0.165. The molecule has 0 aliphatic carbocycles. The number of hydrogen-bond acceptors (Lipinski definition) is 6. The molecule has 196 valence electrons. The number of halogens is 3. The average molecular weight is 613 g/mol. The van der Waals surface area contributed by atoms with Gasteiger partial charge in [0.25, 0.3) is 5.91 Å². The summed E-state index contributed by atoms with van der Waals surface area (Å²) in [5, 5.41) is 3.09. The van der Waals surface area contributed by atoms with Gasteiger partial charge in [-0.3, -0.25) is 9.59 Å². The monoisotopic (exact) mass is 611 g/mol. The minimum absolute atomic E-state index is 0.00135. The van der Waals surface area contributed by atoms with E-state index >= 15 is 0 Å². The molecule has 2 saturated heterocycles. The third-order valence-electron chi connectivity index (χ3n) is 6.18. The van der Waals surface area contributed by atoms with Crippen molar-refractivity contribution in [2.45, 2.75) is 37.8 Å². The van der Waals surface area contributed by atoms with E-state index < -0.39 is 35.6 Å². The van der Waals surface area contributed by atoms with Crippen LogP contribution < -0.4 is 10.2 Å². The number of rotatable bonds is 8. The number of alkyl carbamates (subject to hydrolysis) is 1. The maximum atomic E-state index is 13.9. The van der Waals surface area contributed by atoms with Gasteiger partial charge >= 0.3 is 18.1 Å². The van der Waals surface area contributed by atoms with E-state index in [-0.39, 0.29) is 54.7 Å². The Morgan fingerprint density at radius 1 is 1.14 bits per heavy atom. The smallest absolute Gasteiger partial charge is 0.407 e. The highest BCUT2D eigenvalue weighted by atomic mass is 79.9. The van der Waals surface area contributed by atoms with E-state index in [1.54, 1.807) is 6.92 Å². The topological polar surface area (TPSA) is 105 Å². The summed E-state index contributed by atoms with van der Waals surface area (Å²) >= 11 is 15.7. The van der Waals surface area contributed by atoms with Gasteiger partial charge in [-0.15, -0.1) is 0 Å². The molecule has 0 spiro atoms. The lowest BCUT2D eigenvalue weighted by atomic mass is 9.87. The first-order chi connectivity index (χ1) is 17.6. The molecule has 2 aromatic rings. The zero-order chi connectivity index (χ0) is 26.7. The number of hydrogen-bond donors (Lipinski definition) is 1. The molecule has 2 heterocycles. The Balaban J connectivity index is 1.55. The Morgan fingerprint density at radius 3 is 2.46 bits per heavy atom. The van der Waals surface area contributed by atoms with Crippen molar-refractivity contribution in [1.29, 1.82) is 0 Å². The molecule has 0 aromatic heterocycles. The molecule has 0 bridgehead atoms. The van der Waals surface area contributed by atoms with Gasteiger partial charge in [0.15, 0.2) is 0 Å². The standard InChI is InChI=1S/C25H24BrCl2N3O6/c1-2-36-21(32)7-8-29-23(34)37-20-13-25(12-15-3-5-16(26)6-4-15)22(33)31(24(35)30(25)14-20)19-10-17(27)9-18(28)11-19/h3-6,9-11,20H,2,7-8,12-14H2,1H3,(H,29,34)/t20-,25+/m1/s1. The Hall–Kier alpha value is -2.82. The quantitative estimate of drug-likeness (QED) is 0.334. The number of nitrogens with one attached hydrogen (secondary N) is 1. The molecular formula is C25H24BrCl2N3O6. The highest BCUT2D eigenvalue weighted by Crippen LogP contribution is 2.44. The summed E-state index contributed by atoms with van der Waals surface area (Å²) in [6, 6.07) is 11.4. The van der Waals surface area contributed by atoms with Gasteiger partial charge in [0.05, 0.1) is 25.3 Å². The molecule has 2 aliphatic heterocycles. The van der Waals surface area contributed by atoms with Gasteiger partial charge in [0.2, 0.25) is 0 Å². The molecular weight excluding hydrogens is 589 g/mol. The number of carbonyl (C=O) groups excluding carboxylic acids is 4. The predicted octanol–water partition coefficient (Wildman–Crippen LogP) is 4.96. The van der Waals surface area contributed by atoms with Gasteiger partial charge in [-0.25, -0.2) is 14.5 Å². The normalized spacial score (nSPS) is 20.7. The van der Waals surface area contributed by atoms with Crippen molar-refractivity contribution in [1.82, 2.24) is 10.2 Å². The molecule has 4 rings (SSSR count). The number of amides is 4. The van der Waals surface area contributed by atoms with Crippen LogP contribution in [-0.4, -0.2) is 60.2 Å². The van der Waals surface area contributed by atoms with Crippen LogP contribution in [0.2, 0.25) is 10.0 Å². The van der Waals surface area contributed by atoms with Crippen LogP contribution in [0, 0.1) is 0 Å². The number of benzene rings is 2. The van der Waals surface area contributed by atoms with Crippen LogP contribution in [0.1, 0.15) is 25.3 Å². The second kappa shape index (κ2) is 11.3. The van der Waals surface area contributed by atoms with E-state index in [2.05, 4.69) is 21.2 Å². The Labute approximate surface area is 232 Å². The van der Waals surface area contributed by atoms with Gasteiger partial charge in [0.1, 0.15) is 11.6 Å². The van der Waals surface area contributed by atoms with Gasteiger partial charge in [-0.05, 0) is 42.8 Å². The van der Waals surface area contributed by atoms with Crippen LogP contribution in [0.4, 0.5) is 15.3 Å². The van der Waals surface area contributed by atoms with E-state index in [0.29, 0.717) is 0 Å². The predicted molar refractivity (Wildman–Crippen MR) is 141 cm³/mol. The molecule has 9 nitrogen and oxygen atoms in total. The largest absolute Gasteiger partial charge is 0.466 e. The number of fused-ring (bicyclic) bond motifs is 1. The average Bonchev–Trinajstić information content (AvgIpc) is 3.27. The number of esters is 1. The minimum Gasteiger partial charge on any atom is -0.466 e. The van der Waals surface area contributed by atoms with E-state index in [1.165, 1.54) is 23.1 Å². The van der Waals surface area contributed by atoms with Crippen molar-refractivity contribution in [3.63, 3.8) is 0 Å². The lowest BCUT2D eigenvalue weighted by Crippen LogP contribution is -2.47. The molecule has 1 N–H and O–H groups in total. The third-order valence-corrected chi connectivity index (χ3v) is 7.15. The maximum absolute atomic E-state index is 13.9. The minimum atomic E-state index is -1.27. The molecule has 12 heteroatoms. The highest BCUT2D eigenvalue weighted by molar-refractivity contribution is 9.10. The molecule has 0 radical (unpaired) electrons. The number of urea groups is 1. The van der Waals surface area contributed by atoms with Gasteiger partial charge in [-0.2, -0.15) is 0 Å². The summed E-state index contributed by atoms with van der Waals surface area (Å²) < 4.78 is 11.2. The second-order valence-electron chi connectivity index (χ2n) is 8.71. The van der Waals surface area contributed by atoms with Crippen molar-refractivity contribution >= 4 is 68.8 Å². The molecule has 0 unspecified atom stereocenters. The third kappa shape index (κ3) is 5.86. The first-order valence-corrected chi connectivity index (χ1v) is 13.1. The molecule has 2 aromatic carbocycles. The fourth-order valence-electron chi connectivity index (χ4n) is 4.66. The Kier molecular flexibility index (Phi) is 8.30. The fourth-order valence-corrected chi connectivity index (χ4v) is 5.44. The molecule has 2 aliphatic rings. The number of anilines is 1. The lowest BCUT2D eigenvalue weighted by molar-refractivity contribution is -0.142. The van der Waals surface area contributed by atoms with Crippen LogP contribution in [0.15, 0.2) is 46.9 Å². The van der Waals surface area contributed by atoms with E-state index in [1.807, 2.05) is 24.3 Å². The van der Waals surface area contributed by atoms with Crippen molar-refractivity contribution in [3.8, 4) is 0 Å². The summed E-state index contributed by atoms with van der Waals surface area (Å²) in [4.78, 5) is 53.8. The first-order valence-electron chi connectivity index (χ1n) is 11.6. The highest BCUT2D eigenvalue weighted by Gasteiger charge is 2.63. The van der Waals surface area contributed by atoms with Crippen molar-refractivity contribution in [2.75, 3.05) is 24.6 Å². The molecule has 2 fully saturated rings. The Morgan fingerprint density at radius 2 is 1.81 bits per heavy atom. The van der Waals surface area contributed by atoms with Crippen molar-refractivity contribution in [3.05, 3.63) is 62.5 Å². The Bertz CT molecular complexity index is 1210. The van der Waals surface area contributed by atoms with E-state index in [0.717, 1.165) is 14.9 Å². The van der Waals surface area contributed by atoms with E-state index in [4.69, 9.17) is 32.7 Å². The zero-order valence-electron chi connectivity index (χ0n) is 19.8. The first kappa shape index (κ1) is 27.2. The number of ether oxygens (including phenoxy) is 2. The van der Waals surface area contributed by atoms with Gasteiger partial charge < -0.3 is 19.7 Å².